The minimum absolute atomic E-state index is 0.107. The second kappa shape index (κ2) is 7.41. The molecule has 0 radical (unpaired) electrons. The number of rotatable bonds is 6. The quantitative estimate of drug-likeness (QED) is 0.839. The van der Waals surface area contributed by atoms with Gasteiger partial charge in [-0.05, 0) is 32.8 Å². The number of nitriles is 1. The lowest BCUT2D eigenvalue weighted by Gasteiger charge is -2.32. The van der Waals surface area contributed by atoms with Gasteiger partial charge in [0.25, 0.3) is 0 Å². The van der Waals surface area contributed by atoms with E-state index in [-0.39, 0.29) is 24.5 Å². The monoisotopic (exact) mass is 303 g/mol. The van der Waals surface area contributed by atoms with Crippen LogP contribution in [0.4, 0.5) is 0 Å². The first-order valence-corrected chi connectivity index (χ1v) is 8.01. The summed E-state index contributed by atoms with van der Waals surface area (Å²) < 4.78 is 1.87. The molecule has 1 aliphatic carbocycles. The number of hydrogen-bond acceptors (Lipinski definition) is 4. The molecule has 0 aromatic carbocycles. The lowest BCUT2D eigenvalue weighted by Crippen LogP contribution is -2.52. The number of hydrogen-bond donors (Lipinski definition) is 2. The molecule has 0 bridgehead atoms. The number of amides is 1. The molecule has 1 aromatic rings. The SMILES string of the molecule is C[C@H](NCC(=O)NC1(C#N)CCCCC1)[C@@H](C)n1cccn1. The minimum Gasteiger partial charge on any atom is -0.337 e. The second-order valence-corrected chi connectivity index (χ2v) is 6.20. The summed E-state index contributed by atoms with van der Waals surface area (Å²) in [5, 5.41) is 19.7. The van der Waals surface area contributed by atoms with Crippen molar-refractivity contribution in [2.75, 3.05) is 6.54 Å². The van der Waals surface area contributed by atoms with E-state index in [1.165, 1.54) is 0 Å². The molecule has 1 aromatic heterocycles. The molecule has 0 spiro atoms. The Kier molecular flexibility index (Phi) is 5.56. The van der Waals surface area contributed by atoms with Gasteiger partial charge in [-0.25, -0.2) is 0 Å². The Morgan fingerprint density at radius 2 is 2.14 bits per heavy atom. The first kappa shape index (κ1) is 16.5. The fourth-order valence-electron chi connectivity index (χ4n) is 2.91. The first-order chi connectivity index (χ1) is 10.6. The lowest BCUT2D eigenvalue weighted by molar-refractivity contribution is -0.122. The standard InChI is InChI=1S/C16H25N5O/c1-13(14(2)21-10-6-9-19-21)18-11-15(22)20-16(12-17)7-4-3-5-8-16/h6,9-10,13-14,18H,3-5,7-8,11H2,1-2H3,(H,20,22)/t13-,14+/m0/s1. The molecule has 1 amide bonds. The molecule has 1 heterocycles. The fourth-order valence-corrected chi connectivity index (χ4v) is 2.91. The Hall–Kier alpha value is -1.87. The van der Waals surface area contributed by atoms with Crippen LogP contribution in [-0.2, 0) is 4.79 Å². The zero-order valence-electron chi connectivity index (χ0n) is 13.4. The van der Waals surface area contributed by atoms with Crippen molar-refractivity contribution in [3.05, 3.63) is 18.5 Å². The maximum absolute atomic E-state index is 12.1. The predicted molar refractivity (Wildman–Crippen MR) is 84.0 cm³/mol. The van der Waals surface area contributed by atoms with Gasteiger partial charge in [-0.15, -0.1) is 0 Å². The summed E-state index contributed by atoms with van der Waals surface area (Å²) in [4.78, 5) is 12.1. The van der Waals surface area contributed by atoms with Gasteiger partial charge in [-0.3, -0.25) is 9.48 Å². The first-order valence-electron chi connectivity index (χ1n) is 8.01. The molecule has 120 valence electrons. The Morgan fingerprint density at radius 1 is 1.41 bits per heavy atom. The molecule has 22 heavy (non-hydrogen) atoms. The van der Waals surface area contributed by atoms with Gasteiger partial charge >= 0.3 is 0 Å². The number of carbonyl (C=O) groups is 1. The van der Waals surface area contributed by atoms with Gasteiger partial charge in [0.15, 0.2) is 0 Å². The van der Waals surface area contributed by atoms with E-state index in [0.29, 0.717) is 0 Å². The minimum atomic E-state index is -0.659. The largest absolute Gasteiger partial charge is 0.337 e. The van der Waals surface area contributed by atoms with E-state index in [4.69, 9.17) is 0 Å². The Morgan fingerprint density at radius 3 is 2.73 bits per heavy atom. The van der Waals surface area contributed by atoms with Gasteiger partial charge in [-0.2, -0.15) is 10.4 Å². The Labute approximate surface area is 131 Å². The Balaban J connectivity index is 1.81. The smallest absolute Gasteiger partial charge is 0.235 e. The molecule has 1 fully saturated rings. The van der Waals surface area contributed by atoms with Crippen molar-refractivity contribution < 1.29 is 4.79 Å². The van der Waals surface area contributed by atoms with Crippen molar-refractivity contribution in [2.45, 2.75) is 63.6 Å². The summed E-state index contributed by atoms with van der Waals surface area (Å²) in [5.74, 6) is -0.108. The molecule has 1 aliphatic rings. The van der Waals surface area contributed by atoms with Crippen LogP contribution in [-0.4, -0.2) is 33.8 Å². The van der Waals surface area contributed by atoms with Crippen molar-refractivity contribution in [2.24, 2.45) is 0 Å². The molecule has 2 atom stereocenters. The van der Waals surface area contributed by atoms with Crippen molar-refractivity contribution in [3.63, 3.8) is 0 Å². The van der Waals surface area contributed by atoms with Gasteiger partial charge in [0.2, 0.25) is 5.91 Å². The normalized spacial score (nSPS) is 19.9. The number of nitrogens with one attached hydrogen (secondary N) is 2. The molecular formula is C16H25N5O. The summed E-state index contributed by atoms with van der Waals surface area (Å²) >= 11 is 0. The summed E-state index contributed by atoms with van der Waals surface area (Å²) in [6, 6.07) is 4.45. The fraction of sp³-hybridized carbons (Fsp3) is 0.688. The van der Waals surface area contributed by atoms with E-state index in [1.807, 2.05) is 23.9 Å². The summed E-state index contributed by atoms with van der Waals surface area (Å²) in [6.45, 7) is 4.30. The van der Waals surface area contributed by atoms with Gasteiger partial charge in [0.05, 0.1) is 18.7 Å². The molecule has 2 N–H and O–H groups in total. The number of nitrogens with zero attached hydrogens (tertiary/aromatic N) is 3. The average molecular weight is 303 g/mol. The average Bonchev–Trinajstić information content (AvgIpc) is 3.07. The van der Waals surface area contributed by atoms with E-state index in [1.54, 1.807) is 6.20 Å². The van der Waals surface area contributed by atoms with Crippen molar-refractivity contribution in [1.29, 1.82) is 5.26 Å². The van der Waals surface area contributed by atoms with Crippen LogP contribution in [0.2, 0.25) is 0 Å². The third kappa shape index (κ3) is 4.08. The van der Waals surface area contributed by atoms with Crippen molar-refractivity contribution in [3.8, 4) is 6.07 Å². The van der Waals surface area contributed by atoms with Gasteiger partial charge < -0.3 is 10.6 Å². The van der Waals surface area contributed by atoms with Crippen LogP contribution < -0.4 is 10.6 Å². The van der Waals surface area contributed by atoms with Crippen LogP contribution in [0.15, 0.2) is 18.5 Å². The predicted octanol–water partition coefficient (Wildman–Crippen LogP) is 1.76. The third-order valence-electron chi connectivity index (χ3n) is 4.55. The molecule has 6 heteroatoms. The zero-order chi connectivity index (χ0) is 16.0. The molecule has 0 unspecified atom stereocenters. The van der Waals surface area contributed by atoms with E-state index < -0.39 is 5.54 Å². The van der Waals surface area contributed by atoms with Crippen LogP contribution in [0.1, 0.15) is 52.0 Å². The summed E-state index contributed by atoms with van der Waals surface area (Å²) in [7, 11) is 0. The summed E-state index contributed by atoms with van der Waals surface area (Å²) in [5.41, 5.74) is -0.659. The molecule has 1 saturated carbocycles. The number of aromatic nitrogens is 2. The van der Waals surface area contributed by atoms with Gasteiger partial charge in [0.1, 0.15) is 5.54 Å². The van der Waals surface area contributed by atoms with Crippen LogP contribution >= 0.6 is 0 Å². The topological polar surface area (TPSA) is 82.7 Å². The highest BCUT2D eigenvalue weighted by Crippen LogP contribution is 2.27. The third-order valence-corrected chi connectivity index (χ3v) is 4.55. The molecule has 0 saturated heterocycles. The van der Waals surface area contributed by atoms with E-state index in [9.17, 15) is 10.1 Å². The second-order valence-electron chi connectivity index (χ2n) is 6.20. The van der Waals surface area contributed by atoms with Crippen molar-refractivity contribution >= 4 is 5.91 Å². The highest BCUT2D eigenvalue weighted by molar-refractivity contribution is 5.79. The zero-order valence-corrected chi connectivity index (χ0v) is 13.4. The molecule has 2 rings (SSSR count). The van der Waals surface area contributed by atoms with Crippen LogP contribution in [0.25, 0.3) is 0 Å². The highest BCUT2D eigenvalue weighted by atomic mass is 16.2. The van der Waals surface area contributed by atoms with Gasteiger partial charge in [0, 0.05) is 18.4 Å². The van der Waals surface area contributed by atoms with E-state index in [2.05, 4.69) is 28.7 Å². The van der Waals surface area contributed by atoms with Crippen LogP contribution in [0, 0.1) is 11.3 Å². The van der Waals surface area contributed by atoms with Crippen LogP contribution in [0.5, 0.6) is 0 Å². The highest BCUT2D eigenvalue weighted by Gasteiger charge is 2.33. The molecule has 0 aliphatic heterocycles. The number of carbonyl (C=O) groups excluding carboxylic acids is 1. The Bertz CT molecular complexity index is 513. The molecular weight excluding hydrogens is 278 g/mol. The maximum Gasteiger partial charge on any atom is 0.235 e. The lowest BCUT2D eigenvalue weighted by atomic mass is 9.83. The van der Waals surface area contributed by atoms with Gasteiger partial charge in [-0.1, -0.05) is 19.3 Å². The van der Waals surface area contributed by atoms with E-state index >= 15 is 0 Å². The molecule has 6 nitrogen and oxygen atoms in total. The summed E-state index contributed by atoms with van der Waals surface area (Å²) in [6.07, 6.45) is 8.34. The van der Waals surface area contributed by atoms with E-state index in [0.717, 1.165) is 32.1 Å². The van der Waals surface area contributed by atoms with Crippen LogP contribution in [0.3, 0.4) is 0 Å². The van der Waals surface area contributed by atoms with Crippen molar-refractivity contribution in [1.82, 2.24) is 20.4 Å². The maximum atomic E-state index is 12.1.